The number of halogens is 3. The Hall–Kier alpha value is -1.76. The van der Waals surface area contributed by atoms with E-state index in [1.54, 1.807) is 6.92 Å². The zero-order valence-corrected chi connectivity index (χ0v) is 11.1. The lowest BCUT2D eigenvalue weighted by atomic mass is 10.1. The van der Waals surface area contributed by atoms with E-state index < -0.39 is 23.4 Å². The van der Waals surface area contributed by atoms with Crippen LogP contribution in [0.5, 0.6) is 5.75 Å². The fourth-order valence-electron chi connectivity index (χ4n) is 1.37. The highest BCUT2D eigenvalue weighted by Gasteiger charge is 2.34. The van der Waals surface area contributed by atoms with Gasteiger partial charge in [0.25, 0.3) is 0 Å². The van der Waals surface area contributed by atoms with Crippen molar-refractivity contribution in [3.63, 3.8) is 0 Å². The molecule has 1 atom stereocenters. The summed E-state index contributed by atoms with van der Waals surface area (Å²) >= 11 is 0. The van der Waals surface area contributed by atoms with E-state index in [-0.39, 0.29) is 18.4 Å². The molecule has 1 unspecified atom stereocenters. The number of alkyl halides is 3. The number of carbonyl (C=O) groups excluding carboxylic acids is 1. The Balaban J connectivity index is 2.71. The van der Waals surface area contributed by atoms with Gasteiger partial charge in [-0.3, -0.25) is 4.79 Å². The van der Waals surface area contributed by atoms with Gasteiger partial charge in [0.05, 0.1) is 11.7 Å². The summed E-state index contributed by atoms with van der Waals surface area (Å²) in [7, 11) is 0. The Morgan fingerprint density at radius 2 is 2.10 bits per heavy atom. The van der Waals surface area contributed by atoms with Crippen LogP contribution >= 0.6 is 0 Å². The summed E-state index contributed by atoms with van der Waals surface area (Å²) in [6.07, 6.45) is -4.06. The van der Waals surface area contributed by atoms with Gasteiger partial charge in [0.2, 0.25) is 5.91 Å². The summed E-state index contributed by atoms with van der Waals surface area (Å²) in [5.41, 5.74) is -1.24. The van der Waals surface area contributed by atoms with E-state index in [0.717, 1.165) is 12.5 Å². The molecule has 0 fully saturated rings. The van der Waals surface area contributed by atoms with E-state index in [9.17, 15) is 18.0 Å². The van der Waals surface area contributed by atoms with Gasteiger partial charge in [0.1, 0.15) is 12.4 Å². The molecule has 1 amide bonds. The molecule has 0 heterocycles. The molecule has 1 aromatic carbocycles. The number of aromatic hydroxyl groups is 1. The van der Waals surface area contributed by atoms with Gasteiger partial charge >= 0.3 is 6.18 Å². The van der Waals surface area contributed by atoms with Crippen molar-refractivity contribution in [2.24, 2.45) is 0 Å². The number of benzene rings is 1. The fraction of sp³-hybridized carbons (Fsp3) is 0.462. The molecule has 1 rings (SSSR count). The van der Waals surface area contributed by atoms with Gasteiger partial charge < -0.3 is 15.2 Å². The van der Waals surface area contributed by atoms with Gasteiger partial charge in [-0.25, -0.2) is 0 Å². The quantitative estimate of drug-likeness (QED) is 0.819. The van der Waals surface area contributed by atoms with Gasteiger partial charge in [-0.2, -0.15) is 13.2 Å². The minimum atomic E-state index is -4.68. The molecule has 7 heteroatoms. The lowest BCUT2D eigenvalue weighted by molar-refractivity contribution is -0.138. The third-order valence-corrected chi connectivity index (χ3v) is 2.66. The zero-order chi connectivity index (χ0) is 15.3. The summed E-state index contributed by atoms with van der Waals surface area (Å²) in [4.78, 5) is 11.5. The summed E-state index contributed by atoms with van der Waals surface area (Å²) in [6.45, 7) is 3.44. The second-order valence-electron chi connectivity index (χ2n) is 4.31. The molecule has 2 N–H and O–H groups in total. The third kappa shape index (κ3) is 4.73. The molecule has 0 radical (unpaired) electrons. The average molecular weight is 291 g/mol. The maximum Gasteiger partial charge on any atom is 0.420 e. The van der Waals surface area contributed by atoms with E-state index >= 15 is 0 Å². The molecule has 4 nitrogen and oxygen atoms in total. The number of anilines is 1. The van der Waals surface area contributed by atoms with E-state index in [4.69, 9.17) is 9.84 Å². The minimum Gasteiger partial charge on any atom is -0.507 e. The van der Waals surface area contributed by atoms with E-state index in [1.165, 1.54) is 6.07 Å². The van der Waals surface area contributed by atoms with Crippen molar-refractivity contribution in [1.82, 2.24) is 0 Å². The highest BCUT2D eigenvalue weighted by molar-refractivity contribution is 5.91. The number of phenolic OH excluding ortho intramolecular Hbond substituents is 1. The number of hydrogen-bond donors (Lipinski definition) is 2. The van der Waals surface area contributed by atoms with Gasteiger partial charge in [-0.1, -0.05) is 6.92 Å². The molecule has 0 aliphatic heterocycles. The molecule has 112 valence electrons. The number of phenols is 1. The summed E-state index contributed by atoms with van der Waals surface area (Å²) in [5, 5.41) is 11.4. The van der Waals surface area contributed by atoms with Crippen molar-refractivity contribution in [3.8, 4) is 5.75 Å². The van der Waals surface area contributed by atoms with Crippen LogP contribution in [0.3, 0.4) is 0 Å². The number of hydrogen-bond acceptors (Lipinski definition) is 3. The lowest BCUT2D eigenvalue weighted by Gasteiger charge is -2.13. The van der Waals surface area contributed by atoms with Gasteiger partial charge in [0, 0.05) is 5.69 Å². The summed E-state index contributed by atoms with van der Waals surface area (Å²) in [6, 6.07) is 2.75. The Morgan fingerprint density at radius 1 is 1.45 bits per heavy atom. The first-order chi connectivity index (χ1) is 9.24. The summed E-state index contributed by atoms with van der Waals surface area (Å²) in [5.74, 6) is -1.43. The van der Waals surface area contributed by atoms with Crippen molar-refractivity contribution < 1.29 is 27.8 Å². The SMILES string of the molecule is CCC(C)OCC(=O)Nc1ccc(O)c(C(F)(F)F)c1. The highest BCUT2D eigenvalue weighted by atomic mass is 19.4. The van der Waals surface area contributed by atoms with Gasteiger partial charge in [0.15, 0.2) is 0 Å². The average Bonchev–Trinajstić information content (AvgIpc) is 2.37. The van der Waals surface area contributed by atoms with Crippen molar-refractivity contribution in [3.05, 3.63) is 23.8 Å². The Kier molecular flexibility index (Phi) is 5.38. The Morgan fingerprint density at radius 3 is 2.65 bits per heavy atom. The van der Waals surface area contributed by atoms with Crippen molar-refractivity contribution in [2.75, 3.05) is 11.9 Å². The number of carbonyl (C=O) groups is 1. The standard InChI is InChI=1S/C13H16F3NO3/c1-3-8(2)20-7-12(19)17-9-4-5-11(18)10(6-9)13(14,15)16/h4-6,8,18H,3,7H2,1-2H3,(H,17,19). The first-order valence-electron chi connectivity index (χ1n) is 6.05. The second-order valence-corrected chi connectivity index (χ2v) is 4.31. The third-order valence-electron chi connectivity index (χ3n) is 2.66. The molecule has 0 aliphatic carbocycles. The smallest absolute Gasteiger partial charge is 0.420 e. The highest BCUT2D eigenvalue weighted by Crippen LogP contribution is 2.37. The number of nitrogens with one attached hydrogen (secondary N) is 1. The molecular formula is C13H16F3NO3. The van der Waals surface area contributed by atoms with Crippen LogP contribution in [-0.4, -0.2) is 23.7 Å². The second kappa shape index (κ2) is 6.60. The van der Waals surface area contributed by atoms with E-state index in [2.05, 4.69) is 5.32 Å². The number of ether oxygens (including phenoxy) is 1. The maximum atomic E-state index is 12.6. The normalized spacial score (nSPS) is 13.1. The van der Waals surface area contributed by atoms with Crippen molar-refractivity contribution >= 4 is 11.6 Å². The minimum absolute atomic E-state index is 0.0483. The van der Waals surface area contributed by atoms with Crippen LogP contribution in [0.2, 0.25) is 0 Å². The van der Waals surface area contributed by atoms with E-state index in [0.29, 0.717) is 6.07 Å². The molecule has 0 saturated heterocycles. The molecule has 0 saturated carbocycles. The Bertz CT molecular complexity index is 474. The van der Waals surface area contributed by atoms with Crippen LogP contribution in [0, 0.1) is 0 Å². The van der Waals surface area contributed by atoms with Crippen LogP contribution in [0.15, 0.2) is 18.2 Å². The van der Waals surface area contributed by atoms with Gasteiger partial charge in [-0.05, 0) is 31.5 Å². The fourth-order valence-corrected chi connectivity index (χ4v) is 1.37. The summed E-state index contributed by atoms with van der Waals surface area (Å²) < 4.78 is 42.9. The van der Waals surface area contributed by atoms with Crippen molar-refractivity contribution in [2.45, 2.75) is 32.5 Å². The first-order valence-corrected chi connectivity index (χ1v) is 6.05. The maximum absolute atomic E-state index is 12.6. The van der Waals surface area contributed by atoms with Crippen LogP contribution in [0.4, 0.5) is 18.9 Å². The predicted octanol–water partition coefficient (Wildman–Crippen LogP) is 3.16. The largest absolute Gasteiger partial charge is 0.507 e. The van der Waals surface area contributed by atoms with Crippen molar-refractivity contribution in [1.29, 1.82) is 0 Å². The molecule has 1 aromatic rings. The molecule has 0 aromatic heterocycles. The predicted molar refractivity (Wildman–Crippen MR) is 67.4 cm³/mol. The molecule has 20 heavy (non-hydrogen) atoms. The Labute approximate surface area is 114 Å². The van der Waals surface area contributed by atoms with Gasteiger partial charge in [-0.15, -0.1) is 0 Å². The van der Waals surface area contributed by atoms with Crippen LogP contribution in [-0.2, 0) is 15.7 Å². The topological polar surface area (TPSA) is 58.6 Å². The lowest BCUT2D eigenvalue weighted by Crippen LogP contribution is -2.21. The monoisotopic (exact) mass is 291 g/mol. The number of amides is 1. The number of rotatable bonds is 5. The molecular weight excluding hydrogens is 275 g/mol. The first kappa shape index (κ1) is 16.3. The zero-order valence-electron chi connectivity index (χ0n) is 11.1. The molecule has 0 aliphatic rings. The van der Waals surface area contributed by atoms with Crippen LogP contribution < -0.4 is 5.32 Å². The van der Waals surface area contributed by atoms with E-state index in [1.807, 2.05) is 6.92 Å². The molecule has 0 spiro atoms. The van der Waals surface area contributed by atoms with Crippen LogP contribution in [0.25, 0.3) is 0 Å². The molecule has 0 bridgehead atoms. The van der Waals surface area contributed by atoms with Crippen LogP contribution in [0.1, 0.15) is 25.8 Å².